The summed E-state index contributed by atoms with van der Waals surface area (Å²) in [5, 5.41) is 14.6. The van der Waals surface area contributed by atoms with Crippen LogP contribution < -0.4 is 0 Å². The fraction of sp³-hybridized carbons (Fsp3) is 0.0833. The Bertz CT molecular complexity index is 735. The third kappa shape index (κ3) is 2.78. The molecule has 0 aromatic carbocycles. The van der Waals surface area contributed by atoms with Gasteiger partial charge >= 0.3 is 5.97 Å². The SMILES string of the molecule is O=C(O)Cc1csc(Sc2nccc3sccc23)n1. The maximum atomic E-state index is 10.6. The molecule has 3 rings (SSSR count). The molecule has 0 radical (unpaired) electrons. The van der Waals surface area contributed by atoms with Crippen molar-refractivity contribution < 1.29 is 9.90 Å². The molecule has 3 aromatic heterocycles. The van der Waals surface area contributed by atoms with E-state index in [1.54, 1.807) is 22.9 Å². The first kappa shape index (κ1) is 12.6. The van der Waals surface area contributed by atoms with Gasteiger partial charge in [-0.3, -0.25) is 4.79 Å². The number of pyridine rings is 1. The summed E-state index contributed by atoms with van der Waals surface area (Å²) in [6.45, 7) is 0. The van der Waals surface area contributed by atoms with Gasteiger partial charge in [-0.2, -0.15) is 0 Å². The van der Waals surface area contributed by atoms with E-state index in [-0.39, 0.29) is 6.42 Å². The van der Waals surface area contributed by atoms with Crippen LogP contribution in [0.25, 0.3) is 10.1 Å². The van der Waals surface area contributed by atoms with Gasteiger partial charge in [-0.1, -0.05) is 0 Å². The molecule has 1 N–H and O–H groups in total. The first-order valence-electron chi connectivity index (χ1n) is 5.38. The topological polar surface area (TPSA) is 63.1 Å². The second-order valence-corrected chi connectivity index (χ2v) is 6.77. The minimum Gasteiger partial charge on any atom is -0.481 e. The van der Waals surface area contributed by atoms with Crippen LogP contribution in [-0.4, -0.2) is 21.0 Å². The van der Waals surface area contributed by atoms with E-state index in [9.17, 15) is 4.79 Å². The monoisotopic (exact) mass is 308 g/mol. The van der Waals surface area contributed by atoms with E-state index in [2.05, 4.69) is 9.97 Å². The molecule has 0 aliphatic rings. The molecule has 3 heterocycles. The van der Waals surface area contributed by atoms with Gasteiger partial charge in [0.25, 0.3) is 0 Å². The summed E-state index contributed by atoms with van der Waals surface area (Å²) in [5.74, 6) is -0.861. The van der Waals surface area contributed by atoms with Crippen LogP contribution in [0.4, 0.5) is 0 Å². The molecule has 0 aliphatic heterocycles. The van der Waals surface area contributed by atoms with Gasteiger partial charge in [0, 0.05) is 21.7 Å². The van der Waals surface area contributed by atoms with Crippen LogP contribution >= 0.6 is 34.4 Å². The smallest absolute Gasteiger partial charge is 0.309 e. The van der Waals surface area contributed by atoms with Crippen LogP contribution in [0.5, 0.6) is 0 Å². The van der Waals surface area contributed by atoms with Crippen LogP contribution in [0.3, 0.4) is 0 Å². The summed E-state index contributed by atoms with van der Waals surface area (Å²) < 4.78 is 2.02. The van der Waals surface area contributed by atoms with E-state index in [1.165, 1.54) is 27.8 Å². The van der Waals surface area contributed by atoms with Crippen molar-refractivity contribution in [3.63, 3.8) is 0 Å². The lowest BCUT2D eigenvalue weighted by atomic mass is 10.3. The zero-order valence-electron chi connectivity index (χ0n) is 9.57. The van der Waals surface area contributed by atoms with Crippen LogP contribution in [0.15, 0.2) is 38.5 Å². The van der Waals surface area contributed by atoms with E-state index in [0.717, 1.165) is 14.8 Å². The average molecular weight is 308 g/mol. The summed E-state index contributed by atoms with van der Waals surface area (Å²) in [5.41, 5.74) is 0.595. The number of aromatic nitrogens is 2. The number of nitrogens with zero attached hydrogens (tertiary/aromatic N) is 2. The van der Waals surface area contributed by atoms with E-state index < -0.39 is 5.97 Å². The first-order chi connectivity index (χ1) is 9.22. The fourth-order valence-corrected chi connectivity index (χ4v) is 4.30. The molecule has 0 aliphatic carbocycles. The molecule has 0 unspecified atom stereocenters. The van der Waals surface area contributed by atoms with Crippen LogP contribution in [0.2, 0.25) is 0 Å². The lowest BCUT2D eigenvalue weighted by molar-refractivity contribution is -0.136. The second kappa shape index (κ2) is 5.28. The summed E-state index contributed by atoms with van der Waals surface area (Å²) in [7, 11) is 0. The van der Waals surface area contributed by atoms with Crippen LogP contribution in [0, 0.1) is 0 Å². The molecule has 7 heteroatoms. The Morgan fingerprint density at radius 2 is 2.26 bits per heavy atom. The molecular formula is C12H8N2O2S3. The van der Waals surface area contributed by atoms with E-state index >= 15 is 0 Å². The zero-order valence-corrected chi connectivity index (χ0v) is 12.0. The maximum Gasteiger partial charge on any atom is 0.309 e. The third-order valence-corrected chi connectivity index (χ3v) is 5.28. The predicted molar refractivity (Wildman–Crippen MR) is 77.2 cm³/mol. The number of fused-ring (bicyclic) bond motifs is 1. The Hall–Kier alpha value is -1.44. The molecule has 96 valence electrons. The van der Waals surface area contributed by atoms with Crippen LogP contribution in [0.1, 0.15) is 5.69 Å². The molecule has 0 bridgehead atoms. The maximum absolute atomic E-state index is 10.6. The number of carboxylic acid groups (broad SMARTS) is 1. The fourth-order valence-electron chi connectivity index (χ4n) is 1.60. The molecule has 0 atom stereocenters. The van der Waals surface area contributed by atoms with E-state index in [0.29, 0.717) is 5.69 Å². The highest BCUT2D eigenvalue weighted by atomic mass is 32.2. The van der Waals surface area contributed by atoms with Crippen LogP contribution in [-0.2, 0) is 11.2 Å². The van der Waals surface area contributed by atoms with Gasteiger partial charge in [-0.15, -0.1) is 22.7 Å². The Labute approximate surface area is 121 Å². The van der Waals surface area contributed by atoms with E-state index in [4.69, 9.17) is 5.11 Å². The van der Waals surface area contributed by atoms with Crippen molar-refractivity contribution in [2.75, 3.05) is 0 Å². The standard InChI is InChI=1S/C12H8N2O2S3/c15-10(16)5-7-6-18-12(14-7)19-11-8-2-4-17-9(8)1-3-13-11/h1-4,6H,5H2,(H,15,16). The largest absolute Gasteiger partial charge is 0.481 e. The Morgan fingerprint density at radius 1 is 1.37 bits per heavy atom. The summed E-state index contributed by atoms with van der Waals surface area (Å²) in [6.07, 6.45) is 1.75. The van der Waals surface area contributed by atoms with Gasteiger partial charge in [-0.25, -0.2) is 9.97 Å². The van der Waals surface area contributed by atoms with Crippen molar-refractivity contribution in [2.45, 2.75) is 15.8 Å². The van der Waals surface area contributed by atoms with Crippen molar-refractivity contribution in [2.24, 2.45) is 0 Å². The number of hydrogen-bond donors (Lipinski definition) is 1. The molecule has 0 fully saturated rings. The molecule has 19 heavy (non-hydrogen) atoms. The quantitative estimate of drug-likeness (QED) is 0.799. The van der Waals surface area contributed by atoms with Gasteiger partial charge in [0.2, 0.25) is 0 Å². The number of thiazole rings is 1. The number of hydrogen-bond acceptors (Lipinski definition) is 6. The Balaban J connectivity index is 1.86. The highest BCUT2D eigenvalue weighted by Gasteiger charge is 2.10. The zero-order chi connectivity index (χ0) is 13.2. The Morgan fingerprint density at radius 3 is 3.11 bits per heavy atom. The molecule has 0 amide bonds. The van der Waals surface area contributed by atoms with Crippen molar-refractivity contribution in [3.8, 4) is 0 Å². The number of carboxylic acids is 1. The first-order valence-corrected chi connectivity index (χ1v) is 7.96. The summed E-state index contributed by atoms with van der Waals surface area (Å²) >= 11 is 4.61. The van der Waals surface area contributed by atoms with Gasteiger partial charge in [0.1, 0.15) is 5.03 Å². The predicted octanol–water partition coefficient (Wildman–Crippen LogP) is 3.53. The normalized spacial score (nSPS) is 10.9. The van der Waals surface area contributed by atoms with Gasteiger partial charge in [0.15, 0.2) is 4.34 Å². The summed E-state index contributed by atoms with van der Waals surface area (Å²) in [4.78, 5) is 19.3. The van der Waals surface area contributed by atoms with Crippen molar-refractivity contribution >= 4 is 50.5 Å². The Kier molecular flexibility index (Phi) is 3.50. The number of rotatable bonds is 4. The van der Waals surface area contributed by atoms with Gasteiger partial charge in [-0.05, 0) is 29.3 Å². The minimum absolute atomic E-state index is 0.0346. The molecule has 0 saturated carbocycles. The molecule has 0 spiro atoms. The highest BCUT2D eigenvalue weighted by molar-refractivity contribution is 8.01. The molecule has 0 saturated heterocycles. The van der Waals surface area contributed by atoms with Gasteiger partial charge < -0.3 is 5.11 Å². The summed E-state index contributed by atoms with van der Waals surface area (Å²) in [6, 6.07) is 4.03. The van der Waals surface area contributed by atoms with Crippen molar-refractivity contribution in [3.05, 3.63) is 34.8 Å². The number of carbonyl (C=O) groups is 1. The highest BCUT2D eigenvalue weighted by Crippen LogP contribution is 2.35. The molecule has 4 nitrogen and oxygen atoms in total. The lowest BCUT2D eigenvalue weighted by Crippen LogP contribution is -1.99. The van der Waals surface area contributed by atoms with Gasteiger partial charge in [0.05, 0.1) is 12.1 Å². The lowest BCUT2D eigenvalue weighted by Gasteiger charge is -1.98. The average Bonchev–Trinajstić information content (AvgIpc) is 2.98. The minimum atomic E-state index is -0.861. The molecular weight excluding hydrogens is 300 g/mol. The van der Waals surface area contributed by atoms with Crippen molar-refractivity contribution in [1.82, 2.24) is 9.97 Å². The van der Waals surface area contributed by atoms with Crippen molar-refractivity contribution in [1.29, 1.82) is 0 Å². The number of thiophene rings is 1. The second-order valence-electron chi connectivity index (χ2n) is 3.73. The number of aliphatic carboxylic acids is 1. The third-order valence-electron chi connectivity index (χ3n) is 2.39. The van der Waals surface area contributed by atoms with E-state index in [1.807, 2.05) is 17.5 Å². The molecule has 3 aromatic rings.